The van der Waals surface area contributed by atoms with Crippen molar-refractivity contribution in [1.29, 1.82) is 0 Å². The van der Waals surface area contributed by atoms with Crippen LogP contribution < -0.4 is 48.8 Å². The Morgan fingerprint density at radius 3 is 1.42 bits per heavy atom. The van der Waals surface area contributed by atoms with Crippen molar-refractivity contribution in [2.75, 3.05) is 79.9 Å². The lowest BCUT2D eigenvalue weighted by atomic mass is 9.84. The summed E-state index contributed by atoms with van der Waals surface area (Å²) in [4.78, 5) is 81.3. The number of rotatable bonds is 21. The van der Waals surface area contributed by atoms with Gasteiger partial charge in [0.05, 0.1) is 85.4 Å². The molecule has 0 unspecified atom stereocenters. The van der Waals surface area contributed by atoms with Gasteiger partial charge in [-0.2, -0.15) is 13.7 Å². The highest BCUT2D eigenvalue weighted by molar-refractivity contribution is 7.99. The highest BCUT2D eigenvalue weighted by Gasteiger charge is 2.47. The van der Waals surface area contributed by atoms with Gasteiger partial charge >= 0.3 is 45.9 Å². The second-order valence-corrected chi connectivity index (χ2v) is 32.4. The van der Waals surface area contributed by atoms with Crippen molar-refractivity contribution >= 4 is 125 Å². The number of benzene rings is 8. The van der Waals surface area contributed by atoms with Gasteiger partial charge in [-0.05, 0) is 169 Å². The number of anilines is 5. The Balaban J connectivity index is 0.841. The molecule has 7 N–H and O–H groups in total. The van der Waals surface area contributed by atoms with Gasteiger partial charge in [-0.3, -0.25) is 9.59 Å². The smallest absolute Gasteiger partial charge is 0.370 e. The second-order valence-electron chi connectivity index (χ2n) is 31.3. The zero-order valence-electron chi connectivity index (χ0n) is 67.5. The van der Waals surface area contributed by atoms with Crippen LogP contribution in [0, 0.1) is 0 Å². The predicted molar refractivity (Wildman–Crippen MR) is 460 cm³/mol. The molecule has 0 radical (unpaired) electrons. The molecule has 2 amide bonds. The highest BCUT2D eigenvalue weighted by atomic mass is 32.2. The molecule has 0 aliphatic carbocycles. The first-order valence-electron chi connectivity index (χ1n) is 38.5. The summed E-state index contributed by atoms with van der Waals surface area (Å²) in [6, 6.07) is 45.4. The summed E-state index contributed by atoms with van der Waals surface area (Å²) in [6.07, 6.45) is 16.4. The van der Waals surface area contributed by atoms with Gasteiger partial charge in [0.15, 0.2) is 47.6 Å². The van der Waals surface area contributed by atoms with Crippen molar-refractivity contribution in [3.05, 3.63) is 257 Å². The van der Waals surface area contributed by atoms with Crippen molar-refractivity contribution in [3.63, 3.8) is 0 Å². The first-order valence-corrected chi connectivity index (χ1v) is 39.3. The number of amides is 2. The minimum Gasteiger partial charge on any atom is -0.508 e. The number of carboxylic acids is 3. The molecule has 23 heteroatoms. The van der Waals surface area contributed by atoms with E-state index in [9.17, 15) is 44.7 Å². The molecule has 0 fully saturated rings. The minimum atomic E-state index is -1.32. The standard InChI is InChI=1S/C94H86N10O12S/c1-15-103-73-47-77-70(45-67(73)53(3)49-93(103,5)6)80(71-46-68-54(4)50-94(7,8)104(16-2)74(68)48-78(71)115-77)81-82(92(113)114)83(100-37-31-59(32-38-100)97(9)10)85(102-41-35-61(36-42-102)99(13)14)87(84(81)101-39-33-60(34-40-101)98(11)12)117-63-25-21-57(22-26-63)88(107)95-51-55-17-19-56(20-18-55)89(108)96-52-72-75(106)30-29-66-79(65-28-24-62(105)44-76(65)116-86(66)72)69-43-58(90(109)110)23-27-64(69)91(111)112/h17-50H,15-16,51-52H2,1-14H3,(H2-5,95,96,105,106,107,108,109,110,111,112,113,114)/p+5. The van der Waals surface area contributed by atoms with Gasteiger partial charge in [-0.1, -0.05) is 36.0 Å². The molecule has 13 aromatic rings. The number of allylic oxidation sites excluding steroid dienone is 2. The minimum absolute atomic E-state index is 0.0236. The summed E-state index contributed by atoms with van der Waals surface area (Å²) in [7, 11) is 11.8. The summed E-state index contributed by atoms with van der Waals surface area (Å²) in [5.74, 6) is -5.13. The Kier molecular flexibility index (Phi) is 20.6. The summed E-state index contributed by atoms with van der Waals surface area (Å²) in [5, 5.41) is 63.0. The molecule has 0 saturated carbocycles. The molecule has 8 aromatic carbocycles. The molecule has 15 rings (SSSR count). The molecule has 22 nitrogen and oxygen atoms in total. The van der Waals surface area contributed by atoms with Crippen molar-refractivity contribution in [2.45, 2.75) is 89.3 Å². The van der Waals surface area contributed by atoms with Crippen LogP contribution in [-0.2, 0) is 13.1 Å². The van der Waals surface area contributed by atoms with Crippen LogP contribution in [0.4, 0.5) is 28.4 Å². The molecule has 2 aliphatic heterocycles. The predicted octanol–water partition coefficient (Wildman–Crippen LogP) is 17.0. The number of hydrogen-bond donors (Lipinski definition) is 7. The molecule has 590 valence electrons. The third kappa shape index (κ3) is 14.4. The molecular formula is C94H91N10O12S+5. The van der Waals surface area contributed by atoms with E-state index in [1.807, 2.05) is 156 Å². The van der Waals surface area contributed by atoms with E-state index in [0.717, 1.165) is 55.6 Å². The number of fused-ring (bicyclic) bond motifs is 6. The number of aromatic nitrogens is 3. The normalized spacial score (nSPS) is 13.4. The zero-order valence-corrected chi connectivity index (χ0v) is 68.4. The van der Waals surface area contributed by atoms with E-state index in [1.165, 1.54) is 60.3 Å². The Hall–Kier alpha value is -13.7. The SMILES string of the molecule is CCN1c2cc3[o+]c4cc5c(cc4c(-c4c(C(=O)O)c(-[n+]6ccc(N(C)C)cc6)c(-[n+]6ccc(N(C)C)cc6)c(Sc6ccc(C(=O)NCc7ccc(C(=O)NCc8c(O)ccc9c(-c%10cc(C(=O)O)ccc%10C(=O)O)c%10ccc(O)cc%10[o+]c89)cc7)cc6)c4-[n+]4ccc(N(C)C)cc4)c3cc2C(C)=CC1(C)C)C(C)=CC(C)(C)N5CC. The van der Waals surface area contributed by atoms with Crippen molar-refractivity contribution in [1.82, 2.24) is 10.6 Å². The van der Waals surface area contributed by atoms with Crippen molar-refractivity contribution in [3.8, 4) is 50.8 Å². The number of phenolic OH excluding ortho intramolecular Hbond substituents is 2. The number of nitrogens with one attached hydrogen (secondary N) is 2. The quantitative estimate of drug-likeness (QED) is 0.0200. The zero-order chi connectivity index (χ0) is 83.1. The third-order valence-electron chi connectivity index (χ3n) is 22.3. The van der Waals surface area contributed by atoms with Gasteiger partial charge in [0.1, 0.15) is 17.1 Å². The Morgan fingerprint density at radius 1 is 0.462 bits per heavy atom. The topological polar surface area (TPSA) is 261 Å². The lowest BCUT2D eigenvalue weighted by molar-refractivity contribution is -0.637. The number of carbonyl (C=O) groups excluding carboxylic acids is 2. The van der Waals surface area contributed by atoms with Gasteiger partial charge < -0.3 is 60.7 Å². The lowest BCUT2D eigenvalue weighted by Crippen LogP contribution is -2.45. The summed E-state index contributed by atoms with van der Waals surface area (Å²) >= 11 is 1.45. The van der Waals surface area contributed by atoms with E-state index in [4.69, 9.17) is 8.83 Å². The number of nitrogens with zero attached hydrogens (tertiary/aromatic N) is 8. The van der Waals surface area contributed by atoms with Gasteiger partial charge in [-0.15, -0.1) is 0 Å². The van der Waals surface area contributed by atoms with Crippen molar-refractivity contribution in [2.24, 2.45) is 0 Å². The average molecular weight is 1580 g/mol. The third-order valence-corrected chi connectivity index (χ3v) is 23.4. The average Bonchev–Trinajstić information content (AvgIpc) is 0.702. The first-order chi connectivity index (χ1) is 55.8. The first kappa shape index (κ1) is 78.6. The number of pyridine rings is 3. The van der Waals surface area contributed by atoms with Crippen LogP contribution in [0.25, 0.3) is 94.3 Å². The van der Waals surface area contributed by atoms with Crippen molar-refractivity contribution < 1.29 is 72.0 Å². The van der Waals surface area contributed by atoms with Crippen LogP contribution in [0.2, 0.25) is 0 Å². The van der Waals surface area contributed by atoms with E-state index in [0.29, 0.717) is 90.0 Å². The van der Waals surface area contributed by atoms with E-state index >= 15 is 4.79 Å². The van der Waals surface area contributed by atoms with E-state index in [2.05, 4.69) is 112 Å². The maximum absolute atomic E-state index is 15.7. The Labute approximate surface area is 681 Å². The fourth-order valence-corrected chi connectivity index (χ4v) is 17.8. The fourth-order valence-electron chi connectivity index (χ4n) is 16.7. The van der Waals surface area contributed by atoms with E-state index < -0.39 is 23.8 Å². The van der Waals surface area contributed by atoms with Crippen LogP contribution in [0.15, 0.2) is 226 Å². The molecule has 0 bridgehead atoms. The Bertz CT molecular complexity index is 6260. The molecule has 117 heavy (non-hydrogen) atoms. The van der Waals surface area contributed by atoms with Crippen LogP contribution >= 0.6 is 11.8 Å². The van der Waals surface area contributed by atoms with Gasteiger partial charge in [-0.25, -0.2) is 23.2 Å². The largest absolute Gasteiger partial charge is 0.508 e. The molecule has 0 spiro atoms. The molecule has 5 aromatic heterocycles. The maximum atomic E-state index is 15.7. The molecule has 0 saturated heterocycles. The number of phenols is 2. The Morgan fingerprint density at radius 2 is 0.932 bits per heavy atom. The summed E-state index contributed by atoms with van der Waals surface area (Å²) < 4.78 is 19.7. The van der Waals surface area contributed by atoms with Crippen LogP contribution in [0.5, 0.6) is 11.5 Å². The second kappa shape index (κ2) is 30.6. The summed E-state index contributed by atoms with van der Waals surface area (Å²) in [6.45, 7) is 18.7. The van der Waals surface area contributed by atoms with E-state index in [-0.39, 0.29) is 91.7 Å². The number of hydrogen-bond acceptors (Lipinski definition) is 13. The molecular weight excluding hydrogens is 1490 g/mol. The van der Waals surface area contributed by atoms with Gasteiger partial charge in [0.2, 0.25) is 5.69 Å². The van der Waals surface area contributed by atoms with Crippen LogP contribution in [0.1, 0.15) is 129 Å². The maximum Gasteiger partial charge on any atom is 0.370 e. The fraction of sp³-hybridized carbons (Fsp3) is 0.213. The van der Waals surface area contributed by atoms with Gasteiger partial charge in [0, 0.05) is 154 Å². The van der Waals surface area contributed by atoms with Gasteiger partial charge in [0.25, 0.3) is 17.5 Å². The number of aromatic carboxylic acids is 3. The monoisotopic (exact) mass is 1580 g/mol. The summed E-state index contributed by atoms with van der Waals surface area (Å²) in [5.41, 5.74) is 13.4. The number of carbonyl (C=O) groups is 5. The number of likely N-dealkylation sites (N-methyl/N-ethyl adjacent to an activating group) is 2. The van der Waals surface area contributed by atoms with Crippen LogP contribution in [0.3, 0.4) is 0 Å². The lowest BCUT2D eigenvalue weighted by Gasteiger charge is -2.42. The van der Waals surface area contributed by atoms with Crippen LogP contribution in [-0.4, -0.2) is 122 Å². The number of carboxylic acid groups (broad SMARTS) is 3. The molecule has 2 aliphatic rings. The number of aromatic hydroxyl groups is 2. The van der Waals surface area contributed by atoms with E-state index in [1.54, 1.807) is 36.4 Å². The molecule has 0 atom stereocenters. The highest BCUT2D eigenvalue weighted by Crippen LogP contribution is 2.53. The molecule has 7 heterocycles.